The molecule has 2 aromatic heterocycles. The molecule has 0 aliphatic heterocycles. The standard InChI is InChI=1S/C31H35N3O3/c1-3-4-7-30-33-26-6-5-16-32-31(26)34(30)24-11-13-25(14-12-24)36-20-22-9-15-27(35-2)29(19-22)37-28-18-21-8-10-23(28)17-21/h5-6,9,11-16,19,21,23,28H,3-4,7-8,10,17-18,20H2,1-2H3. The first kappa shape index (κ1) is 23.8. The van der Waals surface area contributed by atoms with E-state index >= 15 is 0 Å². The van der Waals surface area contributed by atoms with Gasteiger partial charge in [-0.15, -0.1) is 0 Å². The van der Waals surface area contributed by atoms with Crippen molar-refractivity contribution in [3.05, 3.63) is 72.2 Å². The van der Waals surface area contributed by atoms with Crippen LogP contribution in [0.5, 0.6) is 17.2 Å². The van der Waals surface area contributed by atoms with Gasteiger partial charge in [0.2, 0.25) is 0 Å². The molecule has 4 aromatic rings. The van der Waals surface area contributed by atoms with Crippen molar-refractivity contribution in [1.82, 2.24) is 14.5 Å². The van der Waals surface area contributed by atoms with Gasteiger partial charge in [-0.05, 0) is 98.0 Å². The van der Waals surface area contributed by atoms with E-state index in [2.05, 4.69) is 34.7 Å². The van der Waals surface area contributed by atoms with E-state index < -0.39 is 0 Å². The number of fused-ring (bicyclic) bond motifs is 3. The Balaban J connectivity index is 1.16. The number of methoxy groups -OCH3 is 1. The van der Waals surface area contributed by atoms with Gasteiger partial charge in [-0.1, -0.05) is 19.4 Å². The van der Waals surface area contributed by atoms with E-state index in [0.717, 1.165) is 70.7 Å². The first-order valence-electron chi connectivity index (χ1n) is 13.6. The summed E-state index contributed by atoms with van der Waals surface area (Å²) in [6.45, 7) is 2.67. The molecule has 0 radical (unpaired) electrons. The molecule has 0 amide bonds. The molecule has 6 rings (SSSR count). The van der Waals surface area contributed by atoms with Crippen molar-refractivity contribution in [1.29, 1.82) is 0 Å². The van der Waals surface area contributed by atoms with Gasteiger partial charge in [-0.25, -0.2) is 9.97 Å². The van der Waals surface area contributed by atoms with E-state index in [-0.39, 0.29) is 0 Å². The van der Waals surface area contributed by atoms with Crippen molar-refractivity contribution < 1.29 is 14.2 Å². The van der Waals surface area contributed by atoms with Crippen LogP contribution < -0.4 is 14.2 Å². The van der Waals surface area contributed by atoms with Gasteiger partial charge in [0.25, 0.3) is 0 Å². The van der Waals surface area contributed by atoms with Gasteiger partial charge in [0.1, 0.15) is 29.8 Å². The SMILES string of the molecule is CCCCc1nc2cccnc2n1-c1ccc(OCc2ccc(OC)c(OC3CC4CCC3C4)c2)cc1. The van der Waals surface area contributed by atoms with Crippen LogP contribution in [0.25, 0.3) is 16.9 Å². The summed E-state index contributed by atoms with van der Waals surface area (Å²) < 4.78 is 20.4. The second-order valence-corrected chi connectivity index (χ2v) is 10.4. The summed E-state index contributed by atoms with van der Waals surface area (Å²) in [4.78, 5) is 9.45. The topological polar surface area (TPSA) is 58.4 Å². The molecule has 2 aromatic carbocycles. The third-order valence-corrected chi connectivity index (χ3v) is 7.92. The Morgan fingerprint density at radius 1 is 1.00 bits per heavy atom. The molecule has 6 heteroatoms. The fourth-order valence-electron chi connectivity index (χ4n) is 5.99. The van der Waals surface area contributed by atoms with E-state index in [1.54, 1.807) is 7.11 Å². The smallest absolute Gasteiger partial charge is 0.164 e. The number of ether oxygens (including phenoxy) is 3. The highest BCUT2D eigenvalue weighted by atomic mass is 16.5. The van der Waals surface area contributed by atoms with Gasteiger partial charge >= 0.3 is 0 Å². The van der Waals surface area contributed by atoms with Crippen LogP contribution in [-0.4, -0.2) is 27.7 Å². The third-order valence-electron chi connectivity index (χ3n) is 7.92. The van der Waals surface area contributed by atoms with Crippen molar-refractivity contribution in [2.75, 3.05) is 7.11 Å². The van der Waals surface area contributed by atoms with Crippen LogP contribution in [0, 0.1) is 11.8 Å². The van der Waals surface area contributed by atoms with Crippen LogP contribution in [0.3, 0.4) is 0 Å². The maximum absolute atomic E-state index is 6.46. The van der Waals surface area contributed by atoms with E-state index in [1.807, 2.05) is 42.6 Å². The minimum Gasteiger partial charge on any atom is -0.493 e. The zero-order valence-electron chi connectivity index (χ0n) is 21.7. The van der Waals surface area contributed by atoms with Crippen LogP contribution in [0.15, 0.2) is 60.8 Å². The lowest BCUT2D eigenvalue weighted by Gasteiger charge is -2.24. The lowest BCUT2D eigenvalue weighted by atomic mass is 9.97. The number of rotatable bonds is 10. The van der Waals surface area contributed by atoms with Crippen LogP contribution in [0.1, 0.15) is 56.8 Å². The number of hydrogen-bond acceptors (Lipinski definition) is 5. The molecule has 2 aliphatic carbocycles. The third kappa shape index (κ3) is 4.89. The fourth-order valence-corrected chi connectivity index (χ4v) is 5.99. The highest BCUT2D eigenvalue weighted by molar-refractivity contribution is 5.73. The second kappa shape index (κ2) is 10.4. The average Bonchev–Trinajstić information content (AvgIpc) is 3.65. The average molecular weight is 498 g/mol. The molecule has 3 atom stereocenters. The molecule has 2 aliphatic rings. The molecule has 2 saturated carbocycles. The molecular formula is C31H35N3O3. The number of unbranched alkanes of at least 4 members (excludes halogenated alkanes) is 1. The molecule has 0 spiro atoms. The van der Waals surface area contributed by atoms with Crippen LogP contribution >= 0.6 is 0 Å². The lowest BCUT2D eigenvalue weighted by Crippen LogP contribution is -2.23. The van der Waals surface area contributed by atoms with Crippen LogP contribution in [-0.2, 0) is 13.0 Å². The Labute approximate surface area is 218 Å². The van der Waals surface area contributed by atoms with Gasteiger partial charge in [0, 0.05) is 18.3 Å². The van der Waals surface area contributed by atoms with Crippen molar-refractivity contribution >= 4 is 11.2 Å². The number of nitrogens with zero attached hydrogens (tertiary/aromatic N) is 3. The summed E-state index contributed by atoms with van der Waals surface area (Å²) in [5.74, 6) is 5.02. The monoisotopic (exact) mass is 497 g/mol. The Morgan fingerprint density at radius 2 is 1.89 bits per heavy atom. The lowest BCUT2D eigenvalue weighted by molar-refractivity contribution is 0.133. The predicted molar refractivity (Wildman–Crippen MR) is 145 cm³/mol. The zero-order chi connectivity index (χ0) is 25.2. The molecule has 3 unspecified atom stereocenters. The largest absolute Gasteiger partial charge is 0.493 e. The second-order valence-electron chi connectivity index (χ2n) is 10.4. The minimum atomic E-state index is 0.312. The van der Waals surface area contributed by atoms with Gasteiger partial charge in [-0.3, -0.25) is 4.57 Å². The van der Waals surface area contributed by atoms with Crippen LogP contribution in [0.4, 0.5) is 0 Å². The number of aromatic nitrogens is 3. The molecule has 192 valence electrons. The molecule has 2 fully saturated rings. The summed E-state index contributed by atoms with van der Waals surface area (Å²) in [6.07, 6.45) is 10.4. The Morgan fingerprint density at radius 3 is 2.65 bits per heavy atom. The van der Waals surface area contributed by atoms with Crippen LogP contribution in [0.2, 0.25) is 0 Å². The van der Waals surface area contributed by atoms with Crippen molar-refractivity contribution in [3.63, 3.8) is 0 Å². The molecule has 0 N–H and O–H groups in total. The minimum absolute atomic E-state index is 0.312. The maximum atomic E-state index is 6.46. The Bertz CT molecular complexity index is 1360. The number of aryl methyl sites for hydroxylation is 1. The Hall–Kier alpha value is -3.54. The van der Waals surface area contributed by atoms with Gasteiger partial charge in [-0.2, -0.15) is 0 Å². The molecule has 2 heterocycles. The van der Waals surface area contributed by atoms with E-state index in [4.69, 9.17) is 19.2 Å². The molecule has 6 nitrogen and oxygen atoms in total. The predicted octanol–water partition coefficient (Wildman–Crippen LogP) is 6.92. The number of hydrogen-bond donors (Lipinski definition) is 0. The molecule has 37 heavy (non-hydrogen) atoms. The van der Waals surface area contributed by atoms with Crippen molar-refractivity contribution in [3.8, 4) is 22.9 Å². The van der Waals surface area contributed by atoms with Crippen molar-refractivity contribution in [2.45, 2.75) is 64.6 Å². The zero-order valence-corrected chi connectivity index (χ0v) is 21.7. The first-order valence-corrected chi connectivity index (χ1v) is 13.6. The van der Waals surface area contributed by atoms with Gasteiger partial charge < -0.3 is 14.2 Å². The summed E-state index contributed by atoms with van der Waals surface area (Å²) in [7, 11) is 1.70. The maximum Gasteiger partial charge on any atom is 0.164 e. The van der Waals surface area contributed by atoms with E-state index in [1.165, 1.54) is 25.7 Å². The van der Waals surface area contributed by atoms with Gasteiger partial charge in [0.15, 0.2) is 17.1 Å². The highest BCUT2D eigenvalue weighted by Crippen LogP contribution is 2.47. The first-order chi connectivity index (χ1) is 18.2. The number of pyridine rings is 1. The quantitative estimate of drug-likeness (QED) is 0.238. The molecule has 2 bridgehead atoms. The summed E-state index contributed by atoms with van der Waals surface area (Å²) in [6, 6.07) is 18.3. The molecule has 0 saturated heterocycles. The summed E-state index contributed by atoms with van der Waals surface area (Å²) in [5, 5.41) is 0. The number of benzene rings is 2. The van der Waals surface area contributed by atoms with Crippen molar-refractivity contribution in [2.24, 2.45) is 11.8 Å². The highest BCUT2D eigenvalue weighted by Gasteiger charge is 2.41. The van der Waals surface area contributed by atoms with E-state index in [9.17, 15) is 0 Å². The van der Waals surface area contributed by atoms with E-state index in [0.29, 0.717) is 18.6 Å². The summed E-state index contributed by atoms with van der Waals surface area (Å²) >= 11 is 0. The van der Waals surface area contributed by atoms with Gasteiger partial charge in [0.05, 0.1) is 7.11 Å². The molecular weight excluding hydrogens is 462 g/mol. The normalized spacial score (nSPS) is 20.4. The Kier molecular flexibility index (Phi) is 6.73. The fraction of sp³-hybridized carbons (Fsp3) is 0.419. The number of imidazole rings is 1. The summed E-state index contributed by atoms with van der Waals surface area (Å²) in [5.41, 5.74) is 3.93.